The van der Waals surface area contributed by atoms with E-state index in [4.69, 9.17) is 87.8 Å². The average Bonchev–Trinajstić information content (AvgIpc) is 1.59. The quantitative estimate of drug-likeness (QED) is 0.0130. The molecule has 9 atom stereocenters. The van der Waals surface area contributed by atoms with Crippen molar-refractivity contribution in [2.24, 2.45) is 0 Å². The van der Waals surface area contributed by atoms with E-state index in [0.29, 0.717) is 152 Å². The number of fused-ring (bicyclic) bond motifs is 9. The summed E-state index contributed by atoms with van der Waals surface area (Å²) in [5.74, 6) is 6.64. The molecule has 3 saturated heterocycles. The van der Waals surface area contributed by atoms with Gasteiger partial charge in [0.2, 0.25) is 17.8 Å². The van der Waals surface area contributed by atoms with Crippen LogP contribution in [0, 0.1) is 24.9 Å². The summed E-state index contributed by atoms with van der Waals surface area (Å²) in [7, 11) is 14.0. The first-order valence-corrected chi connectivity index (χ1v) is 48.8. The fraction of sp³-hybridized carbons (Fsp3) is 0.455. The van der Waals surface area contributed by atoms with E-state index < -0.39 is 34.3 Å². The number of ether oxygens (including phenoxy) is 9. The molecule has 18 rings (SSSR count). The monoisotopic (exact) mass is 2160 g/mol. The van der Waals surface area contributed by atoms with Crippen molar-refractivity contribution in [3.63, 3.8) is 0 Å². The topological polar surface area (TPSA) is 381 Å². The Morgan fingerprint density at radius 1 is 0.431 bits per heavy atom. The van der Waals surface area contributed by atoms with E-state index in [0.717, 1.165) is 83.4 Å². The van der Waals surface area contributed by atoms with Gasteiger partial charge < -0.3 is 96.4 Å². The van der Waals surface area contributed by atoms with Crippen LogP contribution in [0.25, 0.3) is 49.7 Å². The number of aromatic nitrogens is 18. The Morgan fingerprint density at radius 3 is 1.02 bits per heavy atom. The van der Waals surface area contributed by atoms with Crippen LogP contribution in [0.15, 0.2) is 133 Å². The molecule has 0 radical (unpaired) electrons. The molecule has 0 bridgehead atoms. The van der Waals surface area contributed by atoms with Crippen LogP contribution >= 0.6 is 28.1 Å². The number of benzene rings is 6. The van der Waals surface area contributed by atoms with E-state index in [9.17, 15) is 32.4 Å². The summed E-state index contributed by atoms with van der Waals surface area (Å²) in [5.41, 5.74) is 5.28. The standard InChI is InChI=1S/2C33H41FN8O4.C25H29FN6O3.C8H13BrN2O.CH3FS.CH3.Pd/c2*1-19-8-9-22(17-40(19)23-16-36-41(18-23)20(2)33(3,4)43)30-38-31-25-13-26(34)29(46-7)14-27(25)37-32(42(31)39-30)35-15-21-10-11-24(44-5)12-28(21)45-6;1-14-5-6-16(13-27-14)23-30-24-18-10-19(26)22(35-4)11-20(18)29-25(32(24)31-23)28-12-15-7-8-17(33-2)9-21(15)34-3;1-6(8(2,3)12)11-5-7(9)4-10-11;1-3-2;;/h2*10-14,16,18-20,22,43H,8-9,15,17H2,1-7H3,(H,35,37);7-11,14,16,27H,5-6,12-13H2,1-4H3,(H,28,29);4-6,12H,1-3H3;1H3;1H3;/q;;;;;-1;. The molecule has 9 unspecified atom stereocenters. The number of methoxy groups -OCH3 is 9. The van der Waals surface area contributed by atoms with Gasteiger partial charge in [0.25, 0.3) is 0 Å². The maximum Gasteiger partial charge on any atom is 0.226 e. The Morgan fingerprint density at radius 2 is 0.736 bits per heavy atom. The number of rotatable bonds is 29. The first-order chi connectivity index (χ1) is 67.8. The first kappa shape index (κ1) is 110. The van der Waals surface area contributed by atoms with Crippen molar-refractivity contribution in [1.82, 2.24) is 93.4 Å². The Kier molecular flexibility index (Phi) is 36.5. The van der Waals surface area contributed by atoms with Crippen LogP contribution in [0.5, 0.6) is 51.7 Å². The SMILES string of the molecule is CC(n1cc(Br)cn1)C(C)(C)O.COc1ccc(CNc2nc3cc(OC)c(F)cc3c3nc(C4CCC(C)N(c5cnn(C(C)C(C)(C)O)c5)C4)nn23)c(OC)c1.COc1ccc(CNc2nc3cc(OC)c(F)cc3c3nc(C4CCC(C)N(c5cnn(C(C)C(C)(C)O)c5)C4)nn23)c(OC)c1.COc1ccc(CNc2nc3cc(OC)c(F)cc3c3nc(C4CCC(C)NC4)nn23)c(OC)c1.CSF.[CH3-].[Pd]. The molecule has 778 valence electrons. The molecular weight excluding hydrogens is 2040 g/mol. The van der Waals surface area contributed by atoms with Gasteiger partial charge in [-0.1, -0.05) is 0 Å². The van der Waals surface area contributed by atoms with E-state index >= 15 is 0 Å². The van der Waals surface area contributed by atoms with Gasteiger partial charge in [0, 0.05) is 202 Å². The van der Waals surface area contributed by atoms with Crippen molar-refractivity contribution in [1.29, 1.82) is 0 Å². The molecule has 6 aromatic carbocycles. The molecular formula is C101H130BrF4N24O12PdS-. The smallest absolute Gasteiger partial charge is 0.226 e. The molecule has 0 saturated carbocycles. The predicted octanol–water partition coefficient (Wildman–Crippen LogP) is 18.3. The van der Waals surface area contributed by atoms with E-state index in [-0.39, 0.29) is 105 Å². The molecule has 0 aliphatic carbocycles. The van der Waals surface area contributed by atoms with Crippen molar-refractivity contribution >= 4 is 107 Å². The summed E-state index contributed by atoms with van der Waals surface area (Å²) in [4.78, 5) is 33.9. The zero-order valence-corrected chi connectivity index (χ0v) is 89.3. The summed E-state index contributed by atoms with van der Waals surface area (Å²) in [6, 6.07) is 26.5. The van der Waals surface area contributed by atoms with E-state index in [1.165, 1.54) is 45.8 Å². The van der Waals surface area contributed by atoms with Crippen LogP contribution in [-0.2, 0) is 40.1 Å². The van der Waals surface area contributed by atoms with Crippen LogP contribution in [0.3, 0.4) is 0 Å². The zero-order valence-electron chi connectivity index (χ0n) is 85.4. The molecule has 9 aromatic heterocycles. The maximum atomic E-state index is 15.0. The van der Waals surface area contributed by atoms with Gasteiger partial charge in [0.15, 0.2) is 69.1 Å². The molecule has 36 nitrogen and oxygen atoms in total. The van der Waals surface area contributed by atoms with Gasteiger partial charge in [0.1, 0.15) is 34.5 Å². The van der Waals surface area contributed by atoms with Crippen LogP contribution in [0.1, 0.15) is 192 Å². The van der Waals surface area contributed by atoms with E-state index in [1.54, 1.807) is 127 Å². The van der Waals surface area contributed by atoms with Crippen LogP contribution in [0.4, 0.5) is 46.3 Å². The fourth-order valence-electron chi connectivity index (χ4n) is 17.2. The van der Waals surface area contributed by atoms with Crippen molar-refractivity contribution in [2.45, 2.75) is 212 Å². The number of hydrogen-bond acceptors (Lipinski definition) is 31. The number of piperidine rings is 3. The number of halogens is 5. The second-order valence-electron chi connectivity index (χ2n) is 37.3. The number of anilines is 5. The Labute approximate surface area is 861 Å². The Balaban J connectivity index is 0.000000179. The first-order valence-electron chi connectivity index (χ1n) is 46.9. The van der Waals surface area contributed by atoms with Crippen molar-refractivity contribution in [3.05, 3.63) is 192 Å². The van der Waals surface area contributed by atoms with Gasteiger partial charge in [-0.2, -0.15) is 32.7 Å². The molecule has 0 spiro atoms. The van der Waals surface area contributed by atoms with E-state index in [2.05, 4.69) is 83.1 Å². The average molecular weight is 2170 g/mol. The summed E-state index contributed by atoms with van der Waals surface area (Å²) in [6.07, 6.45) is 18.3. The van der Waals surface area contributed by atoms with Crippen molar-refractivity contribution < 1.29 is 95.4 Å². The minimum Gasteiger partial charge on any atom is -0.497 e. The van der Waals surface area contributed by atoms with Crippen molar-refractivity contribution in [2.75, 3.05) is 116 Å². The number of nitrogens with one attached hydrogen (secondary N) is 4. The summed E-state index contributed by atoms with van der Waals surface area (Å²) in [6.45, 7) is 26.4. The molecule has 144 heavy (non-hydrogen) atoms. The third-order valence-corrected chi connectivity index (χ3v) is 27.1. The molecule has 3 fully saturated rings. The molecule has 0 amide bonds. The maximum absolute atomic E-state index is 15.0. The summed E-state index contributed by atoms with van der Waals surface area (Å²) >= 11 is 3.55. The summed E-state index contributed by atoms with van der Waals surface area (Å²) in [5, 5.41) is 73.9. The van der Waals surface area contributed by atoms with Gasteiger partial charge in [0.05, 0.1) is 150 Å². The van der Waals surface area contributed by atoms with Gasteiger partial charge >= 0.3 is 0 Å². The second kappa shape index (κ2) is 47.7. The van der Waals surface area contributed by atoms with Crippen LogP contribution < -0.4 is 73.7 Å². The second-order valence-corrected chi connectivity index (χ2v) is 38.5. The zero-order chi connectivity index (χ0) is 102. The summed E-state index contributed by atoms with van der Waals surface area (Å²) < 4.78 is 114. The minimum atomic E-state index is -0.912. The number of nitrogens with zero attached hydrogens (tertiary/aromatic N) is 20. The molecule has 7 N–H and O–H groups in total. The Hall–Kier alpha value is -12.4. The Bertz CT molecular complexity index is 6610. The largest absolute Gasteiger partial charge is 0.497 e. The molecule has 15 aromatic rings. The number of aliphatic hydroxyl groups is 3. The third-order valence-electron chi connectivity index (χ3n) is 26.7. The predicted molar refractivity (Wildman–Crippen MR) is 550 cm³/mol. The molecule has 3 aliphatic heterocycles. The van der Waals surface area contributed by atoms with Gasteiger partial charge in [-0.15, -0.1) is 15.3 Å². The van der Waals surface area contributed by atoms with Gasteiger partial charge in [-0.3, -0.25) is 14.0 Å². The molecule has 43 heteroatoms. The third kappa shape index (κ3) is 25.0. The van der Waals surface area contributed by atoms with E-state index in [1.807, 2.05) is 116 Å². The van der Waals surface area contributed by atoms with Crippen molar-refractivity contribution in [3.8, 4) is 51.7 Å². The normalized spacial score (nSPS) is 17.1. The van der Waals surface area contributed by atoms with Crippen LogP contribution in [-0.4, -0.2) is 228 Å². The number of hydrogen-bond donors (Lipinski definition) is 7. The fourth-order valence-corrected chi connectivity index (χ4v) is 17.5. The van der Waals surface area contributed by atoms with Crippen LogP contribution in [0.2, 0.25) is 0 Å². The minimum absolute atomic E-state index is 0. The molecule has 12 heterocycles. The molecule has 3 aliphatic rings. The van der Waals surface area contributed by atoms with Gasteiger partial charge in [-0.25, -0.2) is 43.1 Å². The van der Waals surface area contributed by atoms with Gasteiger partial charge in [-0.05, 0) is 192 Å².